The molecule has 0 saturated heterocycles. The molecule has 0 atom stereocenters. The predicted octanol–water partition coefficient (Wildman–Crippen LogP) is 4.74. The van der Waals surface area contributed by atoms with Gasteiger partial charge in [0.1, 0.15) is 5.70 Å². The summed E-state index contributed by atoms with van der Waals surface area (Å²) >= 11 is 6.16. The number of benzene rings is 3. The molecular weight excluding hydrogens is 384 g/mol. The normalized spacial score (nSPS) is 11.0. The van der Waals surface area contributed by atoms with Crippen LogP contribution in [0.25, 0.3) is 6.08 Å². The zero-order chi connectivity index (χ0) is 20.6. The molecule has 3 aromatic carbocycles. The van der Waals surface area contributed by atoms with Gasteiger partial charge in [-0.05, 0) is 42.3 Å². The van der Waals surface area contributed by atoms with Gasteiger partial charge in [0.2, 0.25) is 0 Å². The van der Waals surface area contributed by atoms with Gasteiger partial charge >= 0.3 is 0 Å². The minimum absolute atomic E-state index is 0.162. The van der Waals surface area contributed by atoms with Gasteiger partial charge in [0, 0.05) is 17.1 Å². The van der Waals surface area contributed by atoms with Crippen molar-refractivity contribution < 1.29 is 9.59 Å². The van der Waals surface area contributed by atoms with Crippen molar-refractivity contribution in [2.24, 2.45) is 0 Å². The van der Waals surface area contributed by atoms with Crippen LogP contribution in [0.1, 0.15) is 27.0 Å². The molecule has 2 amide bonds. The molecule has 29 heavy (non-hydrogen) atoms. The summed E-state index contributed by atoms with van der Waals surface area (Å²) in [5, 5.41) is 6.12. The van der Waals surface area contributed by atoms with Crippen LogP contribution in [0, 0.1) is 6.92 Å². The largest absolute Gasteiger partial charge is 0.347 e. The molecule has 3 rings (SSSR count). The highest BCUT2D eigenvalue weighted by Crippen LogP contribution is 2.15. The van der Waals surface area contributed by atoms with Gasteiger partial charge < -0.3 is 10.6 Å². The van der Waals surface area contributed by atoms with Crippen molar-refractivity contribution in [3.63, 3.8) is 0 Å². The van der Waals surface area contributed by atoms with Crippen LogP contribution >= 0.6 is 11.6 Å². The first kappa shape index (κ1) is 20.4. The third-order valence-corrected chi connectivity index (χ3v) is 4.68. The highest BCUT2D eigenvalue weighted by molar-refractivity contribution is 6.31. The molecule has 0 bridgehead atoms. The van der Waals surface area contributed by atoms with Gasteiger partial charge in [-0.1, -0.05) is 77.8 Å². The predicted molar refractivity (Wildman–Crippen MR) is 116 cm³/mol. The second kappa shape index (κ2) is 9.71. The van der Waals surface area contributed by atoms with E-state index in [1.54, 1.807) is 36.4 Å². The number of halogens is 1. The molecule has 3 aromatic rings. The number of amides is 2. The van der Waals surface area contributed by atoms with E-state index in [2.05, 4.69) is 10.6 Å². The summed E-state index contributed by atoms with van der Waals surface area (Å²) in [4.78, 5) is 25.4. The minimum Gasteiger partial charge on any atom is -0.347 e. The van der Waals surface area contributed by atoms with Crippen molar-refractivity contribution in [2.45, 2.75) is 13.5 Å². The van der Waals surface area contributed by atoms with Crippen molar-refractivity contribution in [2.75, 3.05) is 0 Å². The maximum atomic E-state index is 12.8. The van der Waals surface area contributed by atoms with Gasteiger partial charge in [-0.2, -0.15) is 0 Å². The summed E-state index contributed by atoms with van der Waals surface area (Å²) in [5.41, 5.74) is 3.36. The van der Waals surface area contributed by atoms with Crippen LogP contribution in [-0.2, 0) is 11.3 Å². The number of carbonyl (C=O) groups excluding carboxylic acids is 2. The Morgan fingerprint density at radius 1 is 0.897 bits per heavy atom. The van der Waals surface area contributed by atoms with Crippen LogP contribution in [0.15, 0.2) is 84.6 Å². The van der Waals surface area contributed by atoms with Crippen molar-refractivity contribution >= 4 is 29.5 Å². The van der Waals surface area contributed by atoms with Crippen molar-refractivity contribution in [1.29, 1.82) is 0 Å². The van der Waals surface area contributed by atoms with E-state index in [0.29, 0.717) is 10.6 Å². The topological polar surface area (TPSA) is 58.2 Å². The number of hydrogen-bond acceptors (Lipinski definition) is 2. The Kier molecular flexibility index (Phi) is 6.82. The summed E-state index contributed by atoms with van der Waals surface area (Å²) in [7, 11) is 0. The van der Waals surface area contributed by atoms with E-state index in [1.807, 2.05) is 55.5 Å². The fraction of sp³-hybridized carbons (Fsp3) is 0.0833. The van der Waals surface area contributed by atoms with E-state index >= 15 is 0 Å². The summed E-state index contributed by atoms with van der Waals surface area (Å²) in [5.74, 6) is -0.744. The molecule has 0 saturated carbocycles. The zero-order valence-corrected chi connectivity index (χ0v) is 16.7. The highest BCUT2D eigenvalue weighted by atomic mass is 35.5. The van der Waals surface area contributed by atoms with Gasteiger partial charge in [0.25, 0.3) is 11.8 Å². The Morgan fingerprint density at radius 3 is 2.24 bits per heavy atom. The monoisotopic (exact) mass is 404 g/mol. The molecule has 0 radical (unpaired) electrons. The van der Waals surface area contributed by atoms with E-state index < -0.39 is 5.91 Å². The van der Waals surface area contributed by atoms with Gasteiger partial charge in [0.15, 0.2) is 0 Å². The fourth-order valence-electron chi connectivity index (χ4n) is 2.68. The molecule has 4 nitrogen and oxygen atoms in total. The van der Waals surface area contributed by atoms with Crippen molar-refractivity contribution in [3.05, 3.63) is 112 Å². The number of hydrogen-bond donors (Lipinski definition) is 2. The third-order valence-electron chi connectivity index (χ3n) is 4.31. The minimum atomic E-state index is -0.394. The molecule has 146 valence electrons. The SMILES string of the molecule is Cc1ccc(/C=C(\NC(=O)c2ccccc2)C(=O)NCc2ccccc2Cl)cc1. The second-order valence-corrected chi connectivity index (χ2v) is 6.97. The lowest BCUT2D eigenvalue weighted by Crippen LogP contribution is -2.34. The van der Waals surface area contributed by atoms with E-state index in [4.69, 9.17) is 11.6 Å². The molecule has 2 N–H and O–H groups in total. The number of nitrogens with one attached hydrogen (secondary N) is 2. The zero-order valence-electron chi connectivity index (χ0n) is 16.0. The summed E-state index contributed by atoms with van der Waals surface area (Å²) < 4.78 is 0. The summed E-state index contributed by atoms with van der Waals surface area (Å²) in [6.07, 6.45) is 1.65. The average molecular weight is 405 g/mol. The van der Waals surface area contributed by atoms with E-state index in [1.165, 1.54) is 0 Å². The molecule has 0 heterocycles. The van der Waals surface area contributed by atoms with Gasteiger partial charge in [-0.15, -0.1) is 0 Å². The summed E-state index contributed by atoms with van der Waals surface area (Å²) in [6.45, 7) is 2.24. The maximum Gasteiger partial charge on any atom is 0.268 e. The molecular formula is C24H21ClN2O2. The Balaban J connectivity index is 1.81. The van der Waals surface area contributed by atoms with E-state index in [0.717, 1.165) is 16.7 Å². The van der Waals surface area contributed by atoms with Crippen LogP contribution in [0.2, 0.25) is 5.02 Å². The molecule has 0 aromatic heterocycles. The smallest absolute Gasteiger partial charge is 0.268 e. The fourth-order valence-corrected chi connectivity index (χ4v) is 2.89. The highest BCUT2D eigenvalue weighted by Gasteiger charge is 2.15. The Bertz CT molecular complexity index is 1030. The quantitative estimate of drug-likeness (QED) is 0.583. The van der Waals surface area contributed by atoms with Crippen LogP contribution in [0.4, 0.5) is 0 Å². The number of carbonyl (C=O) groups is 2. The molecule has 0 unspecified atom stereocenters. The van der Waals surface area contributed by atoms with Crippen LogP contribution in [0.3, 0.4) is 0 Å². The van der Waals surface area contributed by atoms with E-state index in [9.17, 15) is 9.59 Å². The third kappa shape index (κ3) is 5.80. The lowest BCUT2D eigenvalue weighted by molar-refractivity contribution is -0.117. The standard InChI is InChI=1S/C24H21ClN2O2/c1-17-11-13-18(14-12-17)15-22(27-23(28)19-7-3-2-4-8-19)24(29)26-16-20-9-5-6-10-21(20)25/h2-15H,16H2,1H3,(H,26,29)(H,27,28)/b22-15-. The van der Waals surface area contributed by atoms with Crippen molar-refractivity contribution in [3.8, 4) is 0 Å². The number of rotatable bonds is 6. The Morgan fingerprint density at radius 2 is 1.55 bits per heavy atom. The Hall–Kier alpha value is -3.37. The van der Waals surface area contributed by atoms with Gasteiger partial charge in [-0.25, -0.2) is 0 Å². The van der Waals surface area contributed by atoms with Crippen molar-refractivity contribution in [1.82, 2.24) is 10.6 Å². The molecule has 0 aliphatic heterocycles. The van der Waals surface area contributed by atoms with Crippen LogP contribution in [-0.4, -0.2) is 11.8 Å². The molecule has 0 aliphatic rings. The summed E-state index contributed by atoms with van der Waals surface area (Å²) in [6, 6.07) is 23.7. The van der Waals surface area contributed by atoms with Gasteiger partial charge in [0.05, 0.1) is 0 Å². The van der Waals surface area contributed by atoms with Crippen LogP contribution in [0.5, 0.6) is 0 Å². The molecule has 5 heteroatoms. The maximum absolute atomic E-state index is 12.8. The first-order valence-corrected chi connectivity index (χ1v) is 9.57. The second-order valence-electron chi connectivity index (χ2n) is 6.56. The van der Waals surface area contributed by atoms with E-state index in [-0.39, 0.29) is 18.1 Å². The number of aryl methyl sites for hydroxylation is 1. The first-order chi connectivity index (χ1) is 14.0. The average Bonchev–Trinajstić information content (AvgIpc) is 2.74. The lowest BCUT2D eigenvalue weighted by Gasteiger charge is -2.12. The van der Waals surface area contributed by atoms with Crippen LogP contribution < -0.4 is 10.6 Å². The Labute approximate surface area is 175 Å². The molecule has 0 aliphatic carbocycles. The van der Waals surface area contributed by atoms with Gasteiger partial charge in [-0.3, -0.25) is 9.59 Å². The lowest BCUT2D eigenvalue weighted by atomic mass is 10.1. The first-order valence-electron chi connectivity index (χ1n) is 9.19. The molecule has 0 fully saturated rings. The molecule has 0 spiro atoms.